The predicted octanol–water partition coefficient (Wildman–Crippen LogP) is 4.29. The highest BCUT2D eigenvalue weighted by atomic mass is 16.6. The molecule has 2 N–H and O–H groups in total. The number of ketones is 1. The Bertz CT molecular complexity index is 1050. The molecule has 0 aromatic heterocycles. The third-order valence-electron chi connectivity index (χ3n) is 4.97. The molecule has 0 amide bonds. The number of esters is 1. The van der Waals surface area contributed by atoms with E-state index in [9.17, 15) is 24.6 Å². The fourth-order valence-corrected chi connectivity index (χ4v) is 3.65. The topological polar surface area (TPSA) is 119 Å². The summed E-state index contributed by atoms with van der Waals surface area (Å²) in [6.07, 6.45) is 1.87. The minimum Gasteiger partial charge on any atom is -0.507 e. The number of methoxy groups -OCH3 is 1. The summed E-state index contributed by atoms with van der Waals surface area (Å²) in [5.41, 5.74) is 0.379. The molecule has 0 fully saturated rings. The molecule has 0 aliphatic carbocycles. The number of ether oxygens (including phenoxy) is 3. The Kier molecular flexibility index (Phi) is 6.48. The van der Waals surface area contributed by atoms with Crippen LogP contribution in [0.15, 0.2) is 18.2 Å². The van der Waals surface area contributed by atoms with E-state index in [1.165, 1.54) is 13.2 Å². The number of aromatic hydroxyl groups is 1. The van der Waals surface area contributed by atoms with Crippen molar-refractivity contribution in [3.8, 4) is 28.7 Å². The van der Waals surface area contributed by atoms with E-state index < -0.39 is 17.7 Å². The number of rotatable bonds is 8. The molecule has 0 unspecified atom stereocenters. The number of hydrogen-bond donors (Lipinski definition) is 2. The first kappa shape index (κ1) is 22.1. The van der Waals surface area contributed by atoms with Crippen LogP contribution in [0.25, 0.3) is 0 Å². The van der Waals surface area contributed by atoms with Crippen molar-refractivity contribution in [1.82, 2.24) is 0 Å². The lowest BCUT2D eigenvalue weighted by molar-refractivity contribution is -0.118. The summed E-state index contributed by atoms with van der Waals surface area (Å²) in [5.74, 6) is -2.22. The van der Waals surface area contributed by atoms with Gasteiger partial charge in [0.05, 0.1) is 7.11 Å². The Morgan fingerprint density at radius 1 is 1.06 bits per heavy atom. The van der Waals surface area contributed by atoms with Gasteiger partial charge in [-0.15, -0.1) is 0 Å². The molecule has 31 heavy (non-hydrogen) atoms. The summed E-state index contributed by atoms with van der Waals surface area (Å²) in [6.45, 7) is 3.74. The van der Waals surface area contributed by atoms with Gasteiger partial charge in [-0.25, -0.2) is 9.59 Å². The lowest BCUT2D eigenvalue weighted by Gasteiger charge is -2.16. The molecule has 0 saturated carbocycles. The number of carbonyl (C=O) groups is 3. The van der Waals surface area contributed by atoms with Gasteiger partial charge in [0.25, 0.3) is 0 Å². The van der Waals surface area contributed by atoms with Gasteiger partial charge in [0, 0.05) is 30.5 Å². The number of fused-ring (bicyclic) bond motifs is 2. The van der Waals surface area contributed by atoms with Gasteiger partial charge < -0.3 is 24.4 Å². The molecule has 1 heterocycles. The first-order chi connectivity index (χ1) is 14.8. The molecule has 1 aliphatic rings. The molecular formula is C23H24O8. The molecular weight excluding hydrogens is 404 g/mol. The van der Waals surface area contributed by atoms with E-state index in [-0.39, 0.29) is 52.6 Å². The summed E-state index contributed by atoms with van der Waals surface area (Å²) < 4.78 is 16.8. The maximum Gasteiger partial charge on any atom is 0.347 e. The zero-order valence-corrected chi connectivity index (χ0v) is 17.6. The number of carboxylic acid groups (broad SMARTS) is 1. The third kappa shape index (κ3) is 4.33. The minimum atomic E-state index is -1.32. The van der Waals surface area contributed by atoms with E-state index in [0.717, 1.165) is 6.07 Å². The Morgan fingerprint density at radius 3 is 2.42 bits per heavy atom. The number of phenols is 1. The van der Waals surface area contributed by atoms with Crippen LogP contribution in [-0.4, -0.2) is 35.0 Å². The predicted molar refractivity (Wildman–Crippen MR) is 111 cm³/mol. The van der Waals surface area contributed by atoms with Crippen molar-refractivity contribution in [2.24, 2.45) is 0 Å². The number of carboxylic acids is 1. The van der Waals surface area contributed by atoms with Crippen molar-refractivity contribution >= 4 is 17.7 Å². The molecule has 2 aromatic carbocycles. The quantitative estimate of drug-likeness (QED) is 0.472. The first-order valence-electron chi connectivity index (χ1n) is 10.0. The second kappa shape index (κ2) is 9.07. The molecule has 8 heteroatoms. The van der Waals surface area contributed by atoms with Crippen LogP contribution in [0.5, 0.6) is 28.7 Å². The minimum absolute atomic E-state index is 0.00434. The van der Waals surface area contributed by atoms with Crippen LogP contribution in [0.2, 0.25) is 0 Å². The molecule has 0 atom stereocenters. The Labute approximate surface area is 179 Å². The van der Waals surface area contributed by atoms with Crippen molar-refractivity contribution in [2.45, 2.75) is 46.0 Å². The lowest BCUT2D eigenvalue weighted by atomic mass is 9.99. The van der Waals surface area contributed by atoms with Gasteiger partial charge in [-0.05, 0) is 24.5 Å². The number of aromatic carboxylic acids is 1. The highest BCUT2D eigenvalue weighted by Gasteiger charge is 2.32. The van der Waals surface area contributed by atoms with Gasteiger partial charge >= 0.3 is 11.9 Å². The summed E-state index contributed by atoms with van der Waals surface area (Å²) in [4.78, 5) is 37.0. The fraction of sp³-hybridized carbons (Fsp3) is 0.348. The summed E-state index contributed by atoms with van der Waals surface area (Å²) in [7, 11) is 1.45. The van der Waals surface area contributed by atoms with Crippen molar-refractivity contribution in [3.63, 3.8) is 0 Å². The summed E-state index contributed by atoms with van der Waals surface area (Å²) in [6, 6.07) is 4.13. The Balaban J connectivity index is 2.22. The van der Waals surface area contributed by atoms with E-state index in [0.29, 0.717) is 30.6 Å². The normalized spacial score (nSPS) is 12.2. The smallest absolute Gasteiger partial charge is 0.347 e. The van der Waals surface area contributed by atoms with Crippen LogP contribution in [0.3, 0.4) is 0 Å². The zero-order chi connectivity index (χ0) is 22.7. The van der Waals surface area contributed by atoms with Gasteiger partial charge in [-0.1, -0.05) is 20.3 Å². The monoisotopic (exact) mass is 428 g/mol. The van der Waals surface area contributed by atoms with Crippen LogP contribution in [0.1, 0.15) is 65.0 Å². The molecule has 0 bridgehead atoms. The van der Waals surface area contributed by atoms with E-state index >= 15 is 0 Å². The van der Waals surface area contributed by atoms with Gasteiger partial charge in [0.15, 0.2) is 11.5 Å². The van der Waals surface area contributed by atoms with Crippen LogP contribution in [0.4, 0.5) is 0 Å². The molecule has 0 spiro atoms. The van der Waals surface area contributed by atoms with Gasteiger partial charge in [-0.3, -0.25) is 4.79 Å². The molecule has 0 saturated heterocycles. The van der Waals surface area contributed by atoms with Crippen molar-refractivity contribution in [2.75, 3.05) is 7.11 Å². The maximum atomic E-state index is 13.0. The third-order valence-corrected chi connectivity index (χ3v) is 4.97. The van der Waals surface area contributed by atoms with Gasteiger partial charge in [0.1, 0.15) is 34.2 Å². The second-order valence-electron chi connectivity index (χ2n) is 7.25. The highest BCUT2D eigenvalue weighted by molar-refractivity contribution is 6.00. The van der Waals surface area contributed by atoms with Crippen molar-refractivity contribution in [3.05, 3.63) is 40.5 Å². The maximum absolute atomic E-state index is 13.0. The van der Waals surface area contributed by atoms with Crippen LogP contribution in [-0.2, 0) is 17.6 Å². The lowest BCUT2D eigenvalue weighted by Crippen LogP contribution is -2.13. The summed E-state index contributed by atoms with van der Waals surface area (Å²) >= 11 is 0. The molecule has 1 aliphatic heterocycles. The highest BCUT2D eigenvalue weighted by Crippen LogP contribution is 2.46. The van der Waals surface area contributed by atoms with E-state index in [4.69, 9.17) is 14.2 Å². The average molecular weight is 428 g/mol. The van der Waals surface area contributed by atoms with Gasteiger partial charge in [0.2, 0.25) is 0 Å². The number of Topliss-reactive ketones (excluding diaryl/α,β-unsaturated/α-hetero) is 1. The Hall–Kier alpha value is -3.55. The Morgan fingerprint density at radius 2 is 1.81 bits per heavy atom. The second-order valence-corrected chi connectivity index (χ2v) is 7.25. The molecule has 2 aromatic rings. The number of benzene rings is 2. The largest absolute Gasteiger partial charge is 0.507 e. The standard InChI is InChI=1S/C23H24O8/c1-4-6-13(24)8-12-9-14(29-3)10-17-19(12)23(28)31-18-11-16(25)20(22(26)27)15(7-5-2)21(18)30-17/h9-11,25H,4-8H2,1-3H3,(H,26,27). The van der Waals surface area contributed by atoms with Crippen LogP contribution < -0.4 is 14.2 Å². The molecule has 164 valence electrons. The zero-order valence-electron chi connectivity index (χ0n) is 17.6. The number of hydrogen-bond acceptors (Lipinski definition) is 7. The van der Waals surface area contributed by atoms with Crippen molar-refractivity contribution < 1.29 is 38.8 Å². The van der Waals surface area contributed by atoms with E-state index in [2.05, 4.69) is 0 Å². The SMILES string of the molecule is CCCC(=O)Cc1cc(OC)cc2c1C(=O)Oc1cc(O)c(C(=O)O)c(CCC)c1O2. The van der Waals surface area contributed by atoms with E-state index in [1.54, 1.807) is 6.07 Å². The molecule has 3 rings (SSSR count). The first-order valence-corrected chi connectivity index (χ1v) is 10.0. The number of carbonyl (C=O) groups excluding carboxylic acids is 2. The van der Waals surface area contributed by atoms with Gasteiger partial charge in [-0.2, -0.15) is 0 Å². The van der Waals surface area contributed by atoms with Crippen LogP contribution in [0, 0.1) is 0 Å². The fourth-order valence-electron chi connectivity index (χ4n) is 3.65. The van der Waals surface area contributed by atoms with Crippen LogP contribution >= 0.6 is 0 Å². The summed E-state index contributed by atoms with van der Waals surface area (Å²) in [5, 5.41) is 19.8. The average Bonchev–Trinajstić information content (AvgIpc) is 2.83. The van der Waals surface area contributed by atoms with E-state index in [1.807, 2.05) is 13.8 Å². The molecule has 0 radical (unpaired) electrons. The van der Waals surface area contributed by atoms with Crippen molar-refractivity contribution in [1.29, 1.82) is 0 Å². The molecule has 8 nitrogen and oxygen atoms in total.